The molecule has 0 fully saturated rings. The Balaban J connectivity index is 2.63. The van der Waals surface area contributed by atoms with Gasteiger partial charge in [-0.15, -0.1) is 0 Å². The average molecular weight is 232 g/mol. The van der Waals surface area contributed by atoms with Gasteiger partial charge in [0, 0.05) is 6.08 Å². The summed E-state index contributed by atoms with van der Waals surface area (Å²) >= 11 is 0. The first-order valence-corrected chi connectivity index (χ1v) is 4.89. The average Bonchev–Trinajstić information content (AvgIpc) is 2.38. The second-order valence-electron chi connectivity index (χ2n) is 3.02. The van der Waals surface area contributed by atoms with Crippen molar-refractivity contribution in [1.82, 2.24) is 0 Å². The third-order valence-electron chi connectivity index (χ3n) is 1.82. The van der Waals surface area contributed by atoms with E-state index in [0.29, 0.717) is 5.56 Å². The van der Waals surface area contributed by atoms with Crippen LogP contribution in [0, 0.1) is 0 Å². The van der Waals surface area contributed by atoms with Crippen LogP contribution in [0.4, 0.5) is 0 Å². The van der Waals surface area contributed by atoms with Gasteiger partial charge in [0.15, 0.2) is 0 Å². The molecule has 0 saturated carbocycles. The van der Waals surface area contributed by atoms with Crippen LogP contribution in [0.3, 0.4) is 0 Å². The van der Waals surface area contributed by atoms with Crippen LogP contribution in [0.2, 0.25) is 0 Å². The fourth-order valence-electron chi connectivity index (χ4n) is 1.03. The summed E-state index contributed by atoms with van der Waals surface area (Å²) in [5.41, 5.74) is 0.369. The molecule has 4 nitrogen and oxygen atoms in total. The van der Waals surface area contributed by atoms with Crippen molar-refractivity contribution in [3.63, 3.8) is 0 Å². The highest BCUT2D eigenvalue weighted by atomic mass is 16.7. The van der Waals surface area contributed by atoms with Crippen molar-refractivity contribution in [1.29, 1.82) is 0 Å². The number of esters is 2. The molecule has 0 radical (unpaired) electrons. The number of carbonyl (C=O) groups is 2. The van der Waals surface area contributed by atoms with Gasteiger partial charge in [-0.2, -0.15) is 0 Å². The van der Waals surface area contributed by atoms with Gasteiger partial charge in [0.25, 0.3) is 6.29 Å². The lowest BCUT2D eigenvalue weighted by atomic mass is 10.2. The van der Waals surface area contributed by atoms with Crippen molar-refractivity contribution in [2.24, 2.45) is 0 Å². The van der Waals surface area contributed by atoms with Crippen LogP contribution in [0.1, 0.15) is 10.4 Å². The zero-order valence-corrected chi connectivity index (χ0v) is 9.17. The summed E-state index contributed by atoms with van der Waals surface area (Å²) in [6.45, 7) is 6.64. The maximum atomic E-state index is 11.6. The standard InChI is InChI=1S/C13H12O4/c1-3-11(14)16-12(4-2)17-13(15)10-8-6-5-7-9-10/h3-9,12H,1-2H2. The summed E-state index contributed by atoms with van der Waals surface area (Å²) in [5.74, 6) is -1.27. The molecule has 1 aromatic rings. The van der Waals surface area contributed by atoms with E-state index in [1.807, 2.05) is 0 Å². The van der Waals surface area contributed by atoms with E-state index in [2.05, 4.69) is 13.2 Å². The first-order chi connectivity index (χ1) is 8.17. The Bertz CT molecular complexity index is 422. The normalized spacial score (nSPS) is 11.1. The van der Waals surface area contributed by atoms with E-state index in [0.717, 1.165) is 6.08 Å². The van der Waals surface area contributed by atoms with Crippen molar-refractivity contribution in [2.45, 2.75) is 6.29 Å². The van der Waals surface area contributed by atoms with E-state index in [-0.39, 0.29) is 0 Å². The van der Waals surface area contributed by atoms with Gasteiger partial charge in [-0.05, 0) is 18.2 Å². The first-order valence-electron chi connectivity index (χ1n) is 4.89. The van der Waals surface area contributed by atoms with Crippen molar-refractivity contribution < 1.29 is 19.1 Å². The summed E-state index contributed by atoms with van der Waals surface area (Å²) in [5, 5.41) is 0. The van der Waals surface area contributed by atoms with Gasteiger partial charge < -0.3 is 9.47 Å². The maximum absolute atomic E-state index is 11.6. The Labute approximate surface area is 99.2 Å². The monoisotopic (exact) mass is 232 g/mol. The molecule has 1 atom stereocenters. The Morgan fingerprint density at radius 1 is 1.12 bits per heavy atom. The van der Waals surface area contributed by atoms with Crippen LogP contribution in [-0.4, -0.2) is 18.2 Å². The topological polar surface area (TPSA) is 52.6 Å². The number of hydrogen-bond donors (Lipinski definition) is 0. The van der Waals surface area contributed by atoms with E-state index in [1.54, 1.807) is 30.3 Å². The van der Waals surface area contributed by atoms with Gasteiger partial charge in [-0.3, -0.25) is 0 Å². The predicted octanol–water partition coefficient (Wildman–Crippen LogP) is 2.08. The lowest BCUT2D eigenvalue weighted by molar-refractivity contribution is -0.155. The molecule has 0 aromatic heterocycles. The van der Waals surface area contributed by atoms with E-state index >= 15 is 0 Å². The smallest absolute Gasteiger partial charge is 0.341 e. The van der Waals surface area contributed by atoms with Gasteiger partial charge in [0.1, 0.15) is 0 Å². The van der Waals surface area contributed by atoms with Crippen molar-refractivity contribution in [2.75, 3.05) is 0 Å². The first kappa shape index (κ1) is 12.7. The second kappa shape index (κ2) is 6.27. The summed E-state index contributed by atoms with van der Waals surface area (Å²) < 4.78 is 9.63. The molecular weight excluding hydrogens is 220 g/mol. The Morgan fingerprint density at radius 3 is 2.29 bits per heavy atom. The molecule has 0 heterocycles. The highest BCUT2D eigenvalue weighted by Crippen LogP contribution is 2.06. The number of ether oxygens (including phenoxy) is 2. The third kappa shape index (κ3) is 3.95. The fourth-order valence-corrected chi connectivity index (χ4v) is 1.03. The molecule has 88 valence electrons. The minimum Gasteiger partial charge on any atom is -0.418 e. The van der Waals surface area contributed by atoms with Gasteiger partial charge in [0.2, 0.25) is 0 Å². The Morgan fingerprint density at radius 2 is 1.76 bits per heavy atom. The summed E-state index contributed by atoms with van der Waals surface area (Å²) in [6, 6.07) is 8.37. The van der Waals surface area contributed by atoms with Crippen molar-refractivity contribution >= 4 is 11.9 Å². The summed E-state index contributed by atoms with van der Waals surface area (Å²) in [7, 11) is 0. The molecule has 0 bridgehead atoms. The minimum atomic E-state index is -1.12. The molecule has 1 aromatic carbocycles. The number of rotatable bonds is 5. The van der Waals surface area contributed by atoms with Crippen LogP contribution in [0.5, 0.6) is 0 Å². The lowest BCUT2D eigenvalue weighted by Gasteiger charge is -2.13. The Hall–Kier alpha value is -2.36. The Kier molecular flexibility index (Phi) is 4.69. The van der Waals surface area contributed by atoms with E-state index < -0.39 is 18.2 Å². The van der Waals surface area contributed by atoms with Crippen molar-refractivity contribution in [3.05, 3.63) is 61.2 Å². The van der Waals surface area contributed by atoms with E-state index in [9.17, 15) is 9.59 Å². The van der Waals surface area contributed by atoms with Gasteiger partial charge in [0.05, 0.1) is 5.56 Å². The zero-order valence-electron chi connectivity index (χ0n) is 9.17. The molecule has 0 aliphatic carbocycles. The molecule has 4 heteroatoms. The molecule has 0 N–H and O–H groups in total. The molecule has 17 heavy (non-hydrogen) atoms. The van der Waals surface area contributed by atoms with E-state index in [4.69, 9.17) is 9.47 Å². The van der Waals surface area contributed by atoms with Crippen LogP contribution in [-0.2, 0) is 14.3 Å². The molecule has 0 saturated heterocycles. The zero-order chi connectivity index (χ0) is 12.7. The largest absolute Gasteiger partial charge is 0.418 e. The molecule has 0 aliphatic heterocycles. The molecule has 0 aliphatic rings. The third-order valence-corrected chi connectivity index (χ3v) is 1.82. The summed E-state index contributed by atoms with van der Waals surface area (Å²) in [4.78, 5) is 22.5. The minimum absolute atomic E-state index is 0.369. The lowest BCUT2D eigenvalue weighted by Crippen LogP contribution is -2.21. The molecule has 1 unspecified atom stereocenters. The highest BCUT2D eigenvalue weighted by Gasteiger charge is 2.15. The quantitative estimate of drug-likeness (QED) is 0.337. The van der Waals surface area contributed by atoms with Gasteiger partial charge in [-0.25, -0.2) is 9.59 Å². The van der Waals surface area contributed by atoms with Crippen molar-refractivity contribution in [3.8, 4) is 0 Å². The number of benzene rings is 1. The predicted molar refractivity (Wildman–Crippen MR) is 62.1 cm³/mol. The van der Waals surface area contributed by atoms with Gasteiger partial charge >= 0.3 is 11.9 Å². The molecular formula is C13H12O4. The molecule has 0 spiro atoms. The second-order valence-corrected chi connectivity index (χ2v) is 3.02. The number of hydrogen-bond acceptors (Lipinski definition) is 4. The van der Waals surface area contributed by atoms with Crippen LogP contribution in [0.25, 0.3) is 0 Å². The van der Waals surface area contributed by atoms with Crippen LogP contribution < -0.4 is 0 Å². The number of carbonyl (C=O) groups excluding carboxylic acids is 2. The molecule has 1 rings (SSSR count). The van der Waals surface area contributed by atoms with E-state index in [1.165, 1.54) is 6.08 Å². The fraction of sp³-hybridized carbons (Fsp3) is 0.0769. The van der Waals surface area contributed by atoms with Crippen LogP contribution >= 0.6 is 0 Å². The maximum Gasteiger partial charge on any atom is 0.341 e. The summed E-state index contributed by atoms with van der Waals surface area (Å²) in [6.07, 6.45) is 1.07. The molecule has 0 amide bonds. The SMILES string of the molecule is C=CC(=O)OC(C=C)OC(=O)c1ccccc1. The highest BCUT2D eigenvalue weighted by molar-refractivity contribution is 5.89. The van der Waals surface area contributed by atoms with Crippen LogP contribution in [0.15, 0.2) is 55.6 Å². The van der Waals surface area contributed by atoms with Gasteiger partial charge in [-0.1, -0.05) is 31.4 Å².